The molecule has 0 radical (unpaired) electrons. The summed E-state index contributed by atoms with van der Waals surface area (Å²) in [6.07, 6.45) is 8.28. The van der Waals surface area contributed by atoms with Gasteiger partial charge in [-0.1, -0.05) is 12.1 Å². The van der Waals surface area contributed by atoms with E-state index in [9.17, 15) is 26.0 Å². The number of nitrogens with zero attached hydrogens (tertiary/aromatic N) is 5. The van der Waals surface area contributed by atoms with Gasteiger partial charge in [0.2, 0.25) is 26.0 Å². The average molecular weight is 571 g/mol. The van der Waals surface area contributed by atoms with Gasteiger partial charge in [-0.3, -0.25) is 9.48 Å². The summed E-state index contributed by atoms with van der Waals surface area (Å²) in [5.74, 6) is -0.484. The number of rotatable bonds is 9. The summed E-state index contributed by atoms with van der Waals surface area (Å²) in [5.41, 5.74) is 0.446. The molecule has 11 nitrogen and oxygen atoms in total. The highest BCUT2D eigenvalue weighted by atomic mass is 32.2. The quantitative estimate of drug-likeness (QED) is 0.473. The molecule has 1 aromatic heterocycles. The minimum Gasteiger partial charge on any atom is -0.341 e. The topological polar surface area (TPSA) is 135 Å². The summed E-state index contributed by atoms with van der Waals surface area (Å²) in [5, 5.41) is 4.30. The Morgan fingerprint density at radius 1 is 1.08 bits per heavy atom. The second-order valence-electron chi connectivity index (χ2n) is 10.5. The zero-order chi connectivity index (χ0) is 27.6. The molecule has 1 aromatic carbocycles. The molecular formula is C24H35FN6O5S2. The Hall–Kier alpha value is -2.42. The van der Waals surface area contributed by atoms with Crippen LogP contribution in [0.4, 0.5) is 4.39 Å². The van der Waals surface area contributed by atoms with Crippen molar-refractivity contribution in [3.63, 3.8) is 0 Å². The molecule has 2 aromatic rings. The standard InChI is InChI=1S/C24H35FN6O5S2/c1-37(33,34)28-22(15-19-3-5-21(25)6-4-19)23(32)29-13-9-24(10-14-29,16-30-18-26-17-27-30)20-7-11-31(12-8-20)38(2,35)36/h3-6,17-18,20,22,28H,7-16H2,1-2H3/t22-/m1/s1. The number of likely N-dealkylation sites (tertiary alicyclic amines) is 1. The Bertz CT molecular complexity index is 1300. The molecule has 0 bridgehead atoms. The number of amides is 1. The average Bonchev–Trinajstić information content (AvgIpc) is 3.36. The first-order chi connectivity index (χ1) is 17.8. The maximum absolute atomic E-state index is 13.5. The molecule has 4 rings (SSSR count). The predicted molar refractivity (Wildman–Crippen MR) is 139 cm³/mol. The van der Waals surface area contributed by atoms with Crippen LogP contribution in [0.15, 0.2) is 36.9 Å². The minimum atomic E-state index is -3.67. The van der Waals surface area contributed by atoms with Crippen molar-refractivity contribution >= 4 is 26.0 Å². The molecule has 0 saturated carbocycles. The van der Waals surface area contributed by atoms with Crippen molar-refractivity contribution in [1.29, 1.82) is 0 Å². The molecular weight excluding hydrogens is 535 g/mol. The first-order valence-electron chi connectivity index (χ1n) is 12.6. The Morgan fingerprint density at radius 3 is 2.24 bits per heavy atom. The van der Waals surface area contributed by atoms with Crippen molar-refractivity contribution in [2.24, 2.45) is 11.3 Å². The second kappa shape index (κ2) is 11.4. The van der Waals surface area contributed by atoms with Gasteiger partial charge in [-0.15, -0.1) is 0 Å². The molecule has 1 amide bonds. The van der Waals surface area contributed by atoms with Crippen LogP contribution in [0.2, 0.25) is 0 Å². The van der Waals surface area contributed by atoms with Gasteiger partial charge < -0.3 is 4.90 Å². The first-order valence-corrected chi connectivity index (χ1v) is 16.4. The summed E-state index contributed by atoms with van der Waals surface area (Å²) in [7, 11) is -6.92. The van der Waals surface area contributed by atoms with E-state index in [0.29, 0.717) is 51.1 Å². The fourth-order valence-electron chi connectivity index (χ4n) is 5.82. The van der Waals surface area contributed by atoms with Crippen LogP contribution in [0.3, 0.4) is 0 Å². The van der Waals surface area contributed by atoms with Gasteiger partial charge in [0.15, 0.2) is 0 Å². The van der Waals surface area contributed by atoms with E-state index in [1.807, 2.05) is 0 Å². The van der Waals surface area contributed by atoms with Crippen LogP contribution in [-0.4, -0.2) is 91.4 Å². The number of piperidine rings is 2. The van der Waals surface area contributed by atoms with Gasteiger partial charge in [-0.25, -0.2) is 35.2 Å². The molecule has 0 unspecified atom stereocenters. The van der Waals surface area contributed by atoms with Gasteiger partial charge in [0.05, 0.1) is 12.5 Å². The zero-order valence-corrected chi connectivity index (χ0v) is 23.3. The van der Waals surface area contributed by atoms with Crippen LogP contribution in [0.1, 0.15) is 31.2 Å². The minimum absolute atomic E-state index is 0.108. The number of aromatic nitrogens is 3. The van der Waals surface area contributed by atoms with E-state index in [1.54, 1.807) is 28.0 Å². The van der Waals surface area contributed by atoms with Gasteiger partial charge in [0, 0.05) is 32.7 Å². The monoisotopic (exact) mass is 570 g/mol. The van der Waals surface area contributed by atoms with E-state index in [4.69, 9.17) is 0 Å². The van der Waals surface area contributed by atoms with E-state index in [2.05, 4.69) is 14.8 Å². The molecule has 3 heterocycles. The van der Waals surface area contributed by atoms with Crippen LogP contribution < -0.4 is 4.72 Å². The summed E-state index contributed by atoms with van der Waals surface area (Å²) in [6.45, 7) is 2.40. The van der Waals surface area contributed by atoms with Crippen LogP contribution in [0, 0.1) is 17.2 Å². The van der Waals surface area contributed by atoms with E-state index in [1.165, 1.54) is 29.0 Å². The molecule has 2 aliphatic rings. The van der Waals surface area contributed by atoms with Gasteiger partial charge in [-0.2, -0.15) is 5.10 Å². The molecule has 1 N–H and O–H groups in total. The molecule has 0 aliphatic carbocycles. The molecule has 38 heavy (non-hydrogen) atoms. The molecule has 2 fully saturated rings. The van der Waals surface area contributed by atoms with E-state index >= 15 is 0 Å². The summed E-state index contributed by atoms with van der Waals surface area (Å²) in [6, 6.07) is 4.65. The number of nitrogens with one attached hydrogen (secondary N) is 1. The molecule has 2 aliphatic heterocycles. The van der Waals surface area contributed by atoms with Crippen molar-refractivity contribution in [2.45, 2.75) is 44.7 Å². The maximum atomic E-state index is 13.5. The number of halogens is 1. The number of benzene rings is 1. The molecule has 0 spiro atoms. The van der Waals surface area contributed by atoms with E-state index in [-0.39, 0.29) is 23.7 Å². The van der Waals surface area contributed by atoms with E-state index in [0.717, 1.165) is 19.1 Å². The highest BCUT2D eigenvalue weighted by molar-refractivity contribution is 7.88. The van der Waals surface area contributed by atoms with Crippen molar-refractivity contribution < 1.29 is 26.0 Å². The van der Waals surface area contributed by atoms with Crippen molar-refractivity contribution in [3.8, 4) is 0 Å². The third kappa shape index (κ3) is 7.16. The third-order valence-electron chi connectivity index (χ3n) is 7.81. The number of hydrogen-bond acceptors (Lipinski definition) is 7. The normalized spacial score (nSPS) is 20.3. The maximum Gasteiger partial charge on any atom is 0.241 e. The molecule has 2 saturated heterocycles. The molecule has 14 heteroatoms. The zero-order valence-electron chi connectivity index (χ0n) is 21.7. The SMILES string of the molecule is CS(=O)(=O)N[C@H](Cc1ccc(F)cc1)C(=O)N1CCC(Cn2cncn2)(C2CCN(S(C)(=O)=O)CC2)CC1. The predicted octanol–water partition coefficient (Wildman–Crippen LogP) is 0.858. The van der Waals surface area contributed by atoms with Crippen LogP contribution in [0.25, 0.3) is 0 Å². The lowest BCUT2D eigenvalue weighted by Crippen LogP contribution is -2.55. The Balaban J connectivity index is 1.49. The van der Waals surface area contributed by atoms with Gasteiger partial charge in [0.25, 0.3) is 0 Å². The van der Waals surface area contributed by atoms with Gasteiger partial charge >= 0.3 is 0 Å². The van der Waals surface area contributed by atoms with Crippen molar-refractivity contribution in [3.05, 3.63) is 48.3 Å². The van der Waals surface area contributed by atoms with Crippen molar-refractivity contribution in [1.82, 2.24) is 28.7 Å². The number of carbonyl (C=O) groups excluding carboxylic acids is 1. The number of carbonyl (C=O) groups is 1. The Kier molecular flexibility index (Phi) is 8.55. The smallest absolute Gasteiger partial charge is 0.241 e. The fourth-order valence-corrected chi connectivity index (χ4v) is 7.39. The second-order valence-corrected chi connectivity index (χ2v) is 14.3. The summed E-state index contributed by atoms with van der Waals surface area (Å²) >= 11 is 0. The van der Waals surface area contributed by atoms with Gasteiger partial charge in [0.1, 0.15) is 24.5 Å². The number of sulfonamides is 2. The van der Waals surface area contributed by atoms with Crippen LogP contribution >= 0.6 is 0 Å². The fraction of sp³-hybridized carbons (Fsp3) is 0.625. The largest absolute Gasteiger partial charge is 0.341 e. The van der Waals surface area contributed by atoms with Crippen molar-refractivity contribution in [2.75, 3.05) is 38.7 Å². The highest BCUT2D eigenvalue weighted by Crippen LogP contribution is 2.45. The van der Waals surface area contributed by atoms with Crippen LogP contribution in [0.5, 0.6) is 0 Å². The lowest BCUT2D eigenvalue weighted by Gasteiger charge is -2.49. The lowest BCUT2D eigenvalue weighted by molar-refractivity contribution is -0.136. The van der Waals surface area contributed by atoms with Crippen LogP contribution in [-0.2, 0) is 37.8 Å². The van der Waals surface area contributed by atoms with Gasteiger partial charge in [-0.05, 0) is 61.1 Å². The summed E-state index contributed by atoms with van der Waals surface area (Å²) < 4.78 is 67.3. The lowest BCUT2D eigenvalue weighted by atomic mass is 9.65. The molecule has 1 atom stereocenters. The Morgan fingerprint density at radius 2 is 1.71 bits per heavy atom. The Labute approximate surface area is 223 Å². The van der Waals surface area contributed by atoms with E-state index < -0.39 is 31.9 Å². The molecule has 210 valence electrons. The number of hydrogen-bond donors (Lipinski definition) is 1. The summed E-state index contributed by atoms with van der Waals surface area (Å²) in [4.78, 5) is 19.3. The third-order valence-corrected chi connectivity index (χ3v) is 9.83. The highest BCUT2D eigenvalue weighted by Gasteiger charge is 2.45. The first kappa shape index (κ1) is 28.6.